The van der Waals surface area contributed by atoms with E-state index in [1.165, 1.54) is 6.20 Å². The Labute approximate surface area is 101 Å². The van der Waals surface area contributed by atoms with Crippen LogP contribution in [0.15, 0.2) is 18.5 Å². The van der Waals surface area contributed by atoms with Crippen LogP contribution in [0.4, 0.5) is 4.39 Å². The van der Waals surface area contributed by atoms with Crippen molar-refractivity contribution in [1.82, 2.24) is 10.3 Å². The molecule has 0 radical (unpaired) electrons. The molecule has 1 heterocycles. The molecule has 0 saturated heterocycles. The van der Waals surface area contributed by atoms with Gasteiger partial charge >= 0.3 is 0 Å². The zero-order valence-corrected chi connectivity index (χ0v) is 11.1. The number of nitrogens with one attached hydrogen (secondary N) is 1. The van der Waals surface area contributed by atoms with Crippen LogP contribution in [0.1, 0.15) is 32.4 Å². The molecule has 0 amide bonds. The highest BCUT2D eigenvalue weighted by Crippen LogP contribution is 2.28. The highest BCUT2D eigenvalue weighted by molar-refractivity contribution is 8.00. The predicted molar refractivity (Wildman–Crippen MR) is 68.2 cm³/mol. The van der Waals surface area contributed by atoms with Crippen molar-refractivity contribution >= 4 is 11.8 Å². The van der Waals surface area contributed by atoms with E-state index in [0.29, 0.717) is 5.56 Å². The summed E-state index contributed by atoms with van der Waals surface area (Å²) in [5, 5.41) is 3.14. The van der Waals surface area contributed by atoms with E-state index in [1.54, 1.807) is 12.3 Å². The summed E-state index contributed by atoms with van der Waals surface area (Å²) in [6, 6.07) is 1.77. The summed E-state index contributed by atoms with van der Waals surface area (Å²) in [4.78, 5) is 3.76. The molecular weight excluding hydrogens is 223 g/mol. The molecule has 0 aromatic carbocycles. The third kappa shape index (κ3) is 4.10. The van der Waals surface area contributed by atoms with Gasteiger partial charge in [0.2, 0.25) is 0 Å². The van der Waals surface area contributed by atoms with Crippen LogP contribution >= 0.6 is 11.8 Å². The third-order valence-corrected chi connectivity index (χ3v) is 3.58. The first-order valence-corrected chi connectivity index (χ1v) is 6.33. The second-order valence-electron chi connectivity index (χ2n) is 4.66. The zero-order chi connectivity index (χ0) is 12.2. The first-order valence-electron chi connectivity index (χ1n) is 5.34. The van der Waals surface area contributed by atoms with Crippen LogP contribution in [-0.4, -0.2) is 22.5 Å². The van der Waals surface area contributed by atoms with Gasteiger partial charge in [-0.1, -0.05) is 20.8 Å². The second kappa shape index (κ2) is 5.64. The average Bonchev–Trinajstić information content (AvgIpc) is 2.20. The molecule has 1 aromatic rings. The Kier molecular flexibility index (Phi) is 4.74. The van der Waals surface area contributed by atoms with Gasteiger partial charge in [0, 0.05) is 28.3 Å². The molecule has 90 valence electrons. The van der Waals surface area contributed by atoms with E-state index in [9.17, 15) is 4.39 Å². The summed E-state index contributed by atoms with van der Waals surface area (Å²) in [6.07, 6.45) is 2.89. The van der Waals surface area contributed by atoms with Crippen molar-refractivity contribution in [3.05, 3.63) is 29.8 Å². The summed E-state index contributed by atoms with van der Waals surface area (Å²) in [5.41, 5.74) is 0.689. The highest BCUT2D eigenvalue weighted by Gasteiger charge is 2.18. The largest absolute Gasteiger partial charge is 0.312 e. The number of pyridine rings is 1. The van der Waals surface area contributed by atoms with E-state index in [1.807, 2.05) is 18.8 Å². The number of hydrogen-bond donors (Lipinski definition) is 1. The summed E-state index contributed by atoms with van der Waals surface area (Å²) < 4.78 is 13.7. The third-order valence-electron chi connectivity index (χ3n) is 2.21. The molecule has 0 aliphatic carbocycles. The lowest BCUT2D eigenvalue weighted by Gasteiger charge is -2.23. The van der Waals surface area contributed by atoms with Crippen LogP contribution < -0.4 is 5.32 Å². The molecule has 16 heavy (non-hydrogen) atoms. The van der Waals surface area contributed by atoms with Crippen molar-refractivity contribution < 1.29 is 4.39 Å². The lowest BCUT2D eigenvalue weighted by atomic mass is 10.1. The van der Waals surface area contributed by atoms with Crippen LogP contribution in [0.3, 0.4) is 0 Å². The SMILES string of the molecule is CNC(CSC(C)(C)C)c1ccncc1F. The first kappa shape index (κ1) is 13.5. The van der Waals surface area contributed by atoms with E-state index in [0.717, 1.165) is 5.75 Å². The maximum atomic E-state index is 13.5. The molecule has 0 aliphatic rings. The Morgan fingerprint density at radius 1 is 1.50 bits per heavy atom. The smallest absolute Gasteiger partial charge is 0.146 e. The molecule has 1 unspecified atom stereocenters. The van der Waals surface area contributed by atoms with Crippen LogP contribution in [0.2, 0.25) is 0 Å². The fourth-order valence-electron chi connectivity index (χ4n) is 1.33. The normalized spacial score (nSPS) is 13.8. The predicted octanol–water partition coefficient (Wildman–Crippen LogP) is 3.01. The molecule has 1 atom stereocenters. The van der Waals surface area contributed by atoms with Gasteiger partial charge in [-0.3, -0.25) is 4.98 Å². The number of nitrogens with zero attached hydrogens (tertiary/aromatic N) is 1. The minimum atomic E-state index is -0.239. The van der Waals surface area contributed by atoms with E-state index < -0.39 is 0 Å². The van der Waals surface area contributed by atoms with Gasteiger partial charge in [0.05, 0.1) is 6.20 Å². The lowest BCUT2D eigenvalue weighted by Crippen LogP contribution is -2.22. The van der Waals surface area contributed by atoms with Gasteiger partial charge in [-0.05, 0) is 13.1 Å². The van der Waals surface area contributed by atoms with E-state index in [2.05, 4.69) is 31.1 Å². The molecule has 0 bridgehead atoms. The number of aromatic nitrogens is 1. The maximum Gasteiger partial charge on any atom is 0.146 e. The quantitative estimate of drug-likeness (QED) is 0.878. The molecule has 0 saturated carbocycles. The van der Waals surface area contributed by atoms with Gasteiger partial charge in [0.15, 0.2) is 0 Å². The van der Waals surface area contributed by atoms with Crippen molar-refractivity contribution in [2.24, 2.45) is 0 Å². The summed E-state index contributed by atoms with van der Waals surface area (Å²) in [5.74, 6) is 0.609. The topological polar surface area (TPSA) is 24.9 Å². The number of thioether (sulfide) groups is 1. The second-order valence-corrected chi connectivity index (χ2v) is 6.51. The van der Waals surface area contributed by atoms with Gasteiger partial charge in [-0.2, -0.15) is 11.8 Å². The van der Waals surface area contributed by atoms with Gasteiger partial charge in [-0.15, -0.1) is 0 Å². The molecule has 0 aliphatic heterocycles. The molecule has 1 aromatic heterocycles. The van der Waals surface area contributed by atoms with Crippen molar-refractivity contribution in [3.63, 3.8) is 0 Å². The fourth-order valence-corrected chi connectivity index (χ4v) is 2.34. The number of hydrogen-bond acceptors (Lipinski definition) is 3. The molecule has 1 N–H and O–H groups in total. The Morgan fingerprint density at radius 2 is 2.19 bits per heavy atom. The molecule has 2 nitrogen and oxygen atoms in total. The molecule has 4 heteroatoms. The Hall–Kier alpha value is -0.610. The molecular formula is C12H19FN2S. The van der Waals surface area contributed by atoms with Crippen LogP contribution in [0.25, 0.3) is 0 Å². The Morgan fingerprint density at radius 3 is 2.69 bits per heavy atom. The summed E-state index contributed by atoms with van der Waals surface area (Å²) in [7, 11) is 1.85. The van der Waals surface area contributed by atoms with Crippen molar-refractivity contribution in [2.75, 3.05) is 12.8 Å². The van der Waals surface area contributed by atoms with Crippen molar-refractivity contribution in [2.45, 2.75) is 31.6 Å². The maximum absolute atomic E-state index is 13.5. The standard InChI is InChI=1S/C12H19FN2S/c1-12(2,3)16-8-11(14-4)9-5-6-15-7-10(9)13/h5-7,11,14H,8H2,1-4H3. The monoisotopic (exact) mass is 242 g/mol. The van der Waals surface area contributed by atoms with Crippen LogP contribution in [-0.2, 0) is 0 Å². The van der Waals surface area contributed by atoms with Gasteiger partial charge in [-0.25, -0.2) is 4.39 Å². The minimum Gasteiger partial charge on any atom is -0.312 e. The van der Waals surface area contributed by atoms with Crippen LogP contribution in [0, 0.1) is 5.82 Å². The lowest BCUT2D eigenvalue weighted by molar-refractivity contribution is 0.559. The Bertz CT molecular complexity index is 336. The van der Waals surface area contributed by atoms with Gasteiger partial charge in [0.25, 0.3) is 0 Å². The van der Waals surface area contributed by atoms with Crippen molar-refractivity contribution in [1.29, 1.82) is 0 Å². The number of halogens is 1. The molecule has 0 spiro atoms. The zero-order valence-electron chi connectivity index (χ0n) is 10.2. The molecule has 0 fully saturated rings. The van der Waals surface area contributed by atoms with E-state index in [4.69, 9.17) is 0 Å². The average molecular weight is 242 g/mol. The van der Waals surface area contributed by atoms with Gasteiger partial charge < -0.3 is 5.32 Å². The summed E-state index contributed by atoms with van der Waals surface area (Å²) in [6.45, 7) is 6.48. The minimum absolute atomic E-state index is 0.0345. The summed E-state index contributed by atoms with van der Waals surface area (Å²) >= 11 is 1.82. The van der Waals surface area contributed by atoms with Gasteiger partial charge in [0.1, 0.15) is 5.82 Å². The van der Waals surface area contributed by atoms with Crippen molar-refractivity contribution in [3.8, 4) is 0 Å². The highest BCUT2D eigenvalue weighted by atomic mass is 32.2. The van der Waals surface area contributed by atoms with Crippen LogP contribution in [0.5, 0.6) is 0 Å². The fraction of sp³-hybridized carbons (Fsp3) is 0.583. The Balaban J connectivity index is 2.72. The van der Waals surface area contributed by atoms with E-state index >= 15 is 0 Å². The molecule has 1 rings (SSSR count). The number of rotatable bonds is 4. The first-order chi connectivity index (χ1) is 7.44. The van der Waals surface area contributed by atoms with E-state index in [-0.39, 0.29) is 16.6 Å².